The summed E-state index contributed by atoms with van der Waals surface area (Å²) >= 11 is 0. The molecule has 3 saturated carbocycles. The van der Waals surface area contributed by atoms with Crippen LogP contribution < -0.4 is 0 Å². The molecule has 0 bridgehead atoms. The summed E-state index contributed by atoms with van der Waals surface area (Å²) in [5.74, 6) is -1.04. The summed E-state index contributed by atoms with van der Waals surface area (Å²) in [6, 6.07) is 0. The average molecular weight is 1070 g/mol. The van der Waals surface area contributed by atoms with Crippen LogP contribution in [0.25, 0.3) is 0 Å². The zero-order valence-electron chi connectivity index (χ0n) is 45.4. The van der Waals surface area contributed by atoms with E-state index in [1.165, 1.54) is 19.6 Å². The molecule has 8 rings (SSSR count). The second-order valence-corrected chi connectivity index (χ2v) is 23.1. The van der Waals surface area contributed by atoms with E-state index >= 15 is 0 Å². The van der Waals surface area contributed by atoms with E-state index in [4.69, 9.17) is 56.8 Å². The van der Waals surface area contributed by atoms with Gasteiger partial charge in [-0.25, -0.2) is 4.79 Å². The second-order valence-electron chi connectivity index (χ2n) is 23.1. The monoisotopic (exact) mass is 1070 g/mol. The van der Waals surface area contributed by atoms with Crippen molar-refractivity contribution in [1.29, 1.82) is 0 Å². The number of carbonyl (C=O) groups excluding carboxylic acids is 2. The van der Waals surface area contributed by atoms with Gasteiger partial charge in [0.25, 0.3) is 0 Å². The van der Waals surface area contributed by atoms with Gasteiger partial charge in [0.15, 0.2) is 25.2 Å². The molecule has 0 spiro atoms. The van der Waals surface area contributed by atoms with E-state index in [1.54, 1.807) is 40.9 Å². The first-order valence-electron chi connectivity index (χ1n) is 27.2. The highest BCUT2D eigenvalue weighted by Gasteiger charge is 2.72. The molecule has 0 amide bonds. The number of aliphatic hydroxyl groups is 7. The van der Waals surface area contributed by atoms with Gasteiger partial charge in [-0.05, 0) is 104 Å². The maximum Gasteiger partial charge on any atom is 0.333 e. The lowest BCUT2D eigenvalue weighted by molar-refractivity contribution is -0.372. The van der Waals surface area contributed by atoms with E-state index in [0.29, 0.717) is 44.1 Å². The number of esters is 2. The number of carbonyl (C=O) groups is 2. The maximum absolute atomic E-state index is 13.5. The molecule has 0 unspecified atom stereocenters. The number of ether oxygens (including phenoxy) is 12. The SMILES string of the molecule is C/C=C(\C)C(=O)O[C@@H]1C[C@H]2[C@@H](CC=C3C[C@@H](O[C@H]4C[C@H](OC)[C@@H](O[C@H]5C[C@H](OC)[C@@H](O[C@@H]6O[C@H](C)[C@@H](O[C@H]7O[C@H](CO)[C@@H](O)[C@H](O)[C@H]7O)[C@H](O)[C@H]6O)[C@@H](C)O5)[C@@H](C)O4)CC[C@@]32C)[C@@]2(O)CC[C@H]([C@H](C)OC(C)=O)[C@@]12C. The highest BCUT2D eigenvalue weighted by Crippen LogP contribution is 2.69. The fourth-order valence-corrected chi connectivity index (χ4v) is 14.5. The summed E-state index contributed by atoms with van der Waals surface area (Å²) < 4.78 is 73.9. The zero-order valence-corrected chi connectivity index (χ0v) is 45.4. The Morgan fingerprint density at radius 1 is 0.747 bits per heavy atom. The molecule has 4 heterocycles. The Kier molecular flexibility index (Phi) is 18.4. The van der Waals surface area contributed by atoms with Gasteiger partial charge in [0.2, 0.25) is 0 Å². The molecule has 4 saturated heterocycles. The van der Waals surface area contributed by atoms with Crippen LogP contribution in [0.2, 0.25) is 0 Å². The summed E-state index contributed by atoms with van der Waals surface area (Å²) in [6.45, 7) is 15.7. The quantitative estimate of drug-likeness (QED) is 0.0703. The summed E-state index contributed by atoms with van der Waals surface area (Å²) in [4.78, 5) is 25.7. The first kappa shape index (κ1) is 58.9. The Morgan fingerprint density at radius 3 is 1.95 bits per heavy atom. The molecule has 0 aromatic carbocycles. The Morgan fingerprint density at radius 2 is 1.33 bits per heavy atom. The summed E-state index contributed by atoms with van der Waals surface area (Å²) in [5, 5.41) is 76.0. The molecule has 0 aromatic rings. The molecule has 8 aliphatic rings. The van der Waals surface area contributed by atoms with E-state index < -0.39 is 146 Å². The first-order valence-corrected chi connectivity index (χ1v) is 27.2. The van der Waals surface area contributed by atoms with Gasteiger partial charge in [-0.15, -0.1) is 0 Å². The molecule has 7 fully saturated rings. The minimum atomic E-state index is -1.73. The highest BCUT2D eigenvalue weighted by atomic mass is 16.8. The van der Waals surface area contributed by atoms with Crippen LogP contribution in [0.3, 0.4) is 0 Å². The van der Waals surface area contributed by atoms with Crippen LogP contribution in [-0.4, -0.2) is 203 Å². The van der Waals surface area contributed by atoms with Gasteiger partial charge < -0.3 is 92.6 Å². The van der Waals surface area contributed by atoms with Crippen molar-refractivity contribution in [2.75, 3.05) is 20.8 Å². The minimum Gasteiger partial charge on any atom is -0.463 e. The average Bonchev–Trinajstić information content (AvgIpc) is 3.71. The standard InChI is InChI=1S/C54H86O21/c1-12-24(2)49(62)72-38-20-34-33(54(63)18-16-32(53(38,54)9)25(3)66-29(7)56)14-13-30-19-31(15-17-52(30,34)8)70-39-21-35(64-10)46(26(4)67-39)73-40-22-36(65-11)47(27(5)68-40)74-50-45(61)43(59)48(28(6)69-50)75-51-44(60)42(58)41(57)37(23-55)71-51/h12-13,25-28,31-48,50-51,55,57-61,63H,14-23H2,1-11H3/b24-12+/t25-,26+,27+,28+,31-,32+,33+,34-,35-,36-,37+,38+,39-,40-,41+,42-,43+,44+,45+,46-,47-,48+,50-,51+,52-,53-,54-/m0/s1. The molecule has 27 atom stereocenters. The van der Waals surface area contributed by atoms with Crippen LogP contribution in [0, 0.1) is 28.6 Å². The molecule has 4 aliphatic carbocycles. The maximum atomic E-state index is 13.5. The fourth-order valence-electron chi connectivity index (χ4n) is 14.5. The Bertz CT molecular complexity index is 2040. The lowest BCUT2D eigenvalue weighted by Crippen LogP contribution is -2.67. The summed E-state index contributed by atoms with van der Waals surface area (Å²) in [5.41, 5.74) is -0.511. The van der Waals surface area contributed by atoms with E-state index in [-0.39, 0.29) is 41.7 Å². The Hall–Kier alpha value is -2.26. The molecular formula is C54H86O21. The van der Waals surface area contributed by atoms with Gasteiger partial charge in [0, 0.05) is 50.9 Å². The topological polar surface area (TPSA) is 287 Å². The van der Waals surface area contributed by atoms with E-state index in [2.05, 4.69) is 13.0 Å². The van der Waals surface area contributed by atoms with Crippen molar-refractivity contribution >= 4 is 11.9 Å². The van der Waals surface area contributed by atoms with Gasteiger partial charge in [0.1, 0.15) is 67.1 Å². The number of aliphatic hydroxyl groups excluding tert-OH is 6. The lowest BCUT2D eigenvalue weighted by atomic mass is 9.44. The number of fused-ring (bicyclic) bond motifs is 5. The smallest absolute Gasteiger partial charge is 0.333 e. The molecule has 0 aromatic heterocycles. The number of allylic oxidation sites excluding steroid dienone is 2. The van der Waals surface area contributed by atoms with Crippen molar-refractivity contribution in [3.05, 3.63) is 23.3 Å². The summed E-state index contributed by atoms with van der Waals surface area (Å²) in [6.07, 6.45) is -11.4. The van der Waals surface area contributed by atoms with Gasteiger partial charge in [-0.1, -0.05) is 31.6 Å². The molecule has 4 aliphatic heterocycles. The van der Waals surface area contributed by atoms with Crippen LogP contribution in [0.1, 0.15) is 120 Å². The van der Waals surface area contributed by atoms with Gasteiger partial charge in [0.05, 0.1) is 48.8 Å². The summed E-state index contributed by atoms with van der Waals surface area (Å²) in [7, 11) is 3.14. The number of methoxy groups -OCH3 is 2. The largest absolute Gasteiger partial charge is 0.463 e. The van der Waals surface area contributed by atoms with Crippen molar-refractivity contribution in [3.63, 3.8) is 0 Å². The van der Waals surface area contributed by atoms with Crippen molar-refractivity contribution in [2.45, 2.75) is 255 Å². The Labute approximate surface area is 440 Å². The van der Waals surface area contributed by atoms with Crippen LogP contribution in [0.4, 0.5) is 0 Å². The van der Waals surface area contributed by atoms with E-state index in [9.17, 15) is 45.3 Å². The lowest BCUT2D eigenvalue weighted by Gasteiger charge is -2.63. The molecule has 21 nitrogen and oxygen atoms in total. The van der Waals surface area contributed by atoms with E-state index in [1.807, 2.05) is 20.8 Å². The van der Waals surface area contributed by atoms with Crippen LogP contribution >= 0.6 is 0 Å². The van der Waals surface area contributed by atoms with Crippen molar-refractivity contribution in [1.82, 2.24) is 0 Å². The first-order chi connectivity index (χ1) is 35.4. The number of hydrogen-bond acceptors (Lipinski definition) is 21. The third-order valence-electron chi connectivity index (χ3n) is 19.0. The van der Waals surface area contributed by atoms with Crippen molar-refractivity contribution in [2.24, 2.45) is 28.6 Å². The Balaban J connectivity index is 0.867. The third kappa shape index (κ3) is 11.0. The predicted octanol–water partition coefficient (Wildman–Crippen LogP) is 2.23. The number of hydrogen-bond donors (Lipinski definition) is 7. The molecular weight excluding hydrogens is 985 g/mol. The van der Waals surface area contributed by atoms with E-state index in [0.717, 1.165) is 12.8 Å². The van der Waals surface area contributed by atoms with Crippen molar-refractivity contribution < 1.29 is 102 Å². The second kappa shape index (κ2) is 23.4. The molecule has 428 valence electrons. The van der Waals surface area contributed by atoms with Gasteiger partial charge in [-0.2, -0.15) is 0 Å². The van der Waals surface area contributed by atoms with Gasteiger partial charge in [-0.3, -0.25) is 4.79 Å². The molecule has 75 heavy (non-hydrogen) atoms. The predicted molar refractivity (Wildman–Crippen MR) is 262 cm³/mol. The molecule has 21 heteroatoms. The minimum absolute atomic E-state index is 0.0292. The molecule has 0 radical (unpaired) electrons. The van der Waals surface area contributed by atoms with Crippen LogP contribution in [-0.2, 0) is 66.4 Å². The fraction of sp³-hybridized carbons (Fsp3) is 0.889. The highest BCUT2D eigenvalue weighted by molar-refractivity contribution is 5.87. The molecule has 7 N–H and O–H groups in total. The third-order valence-corrected chi connectivity index (χ3v) is 19.0. The van der Waals surface area contributed by atoms with Gasteiger partial charge >= 0.3 is 11.9 Å². The van der Waals surface area contributed by atoms with Crippen LogP contribution in [0.5, 0.6) is 0 Å². The van der Waals surface area contributed by atoms with Crippen molar-refractivity contribution in [3.8, 4) is 0 Å². The normalized spacial score (nSPS) is 49.7. The zero-order chi connectivity index (χ0) is 54.6. The number of rotatable bonds is 15. The van der Waals surface area contributed by atoms with Crippen LogP contribution in [0.15, 0.2) is 23.3 Å².